The van der Waals surface area contributed by atoms with E-state index in [2.05, 4.69) is 9.80 Å². The van der Waals surface area contributed by atoms with E-state index in [9.17, 15) is 9.59 Å². The van der Waals surface area contributed by atoms with E-state index in [0.29, 0.717) is 30.5 Å². The van der Waals surface area contributed by atoms with Crippen molar-refractivity contribution in [2.24, 2.45) is 5.41 Å². The standard InChI is InChI=1S/C21H27N3O3/c25-19-8-10-21(15-24(19)16-6-7-16)9-3-11-22(14-21)12-13-23-17-4-1-2-5-18(17)27-20(23)26/h1-2,4-5,16H,3,6-15H2/t21-/m0/s1. The molecule has 3 fully saturated rings. The van der Waals surface area contributed by atoms with Gasteiger partial charge in [0.25, 0.3) is 0 Å². The van der Waals surface area contributed by atoms with Gasteiger partial charge in [0.05, 0.1) is 5.52 Å². The Morgan fingerprint density at radius 3 is 2.78 bits per heavy atom. The van der Waals surface area contributed by atoms with Gasteiger partial charge in [0.1, 0.15) is 0 Å². The van der Waals surface area contributed by atoms with E-state index in [1.807, 2.05) is 24.3 Å². The van der Waals surface area contributed by atoms with Crippen molar-refractivity contribution in [1.82, 2.24) is 14.4 Å². The summed E-state index contributed by atoms with van der Waals surface area (Å²) in [6.45, 7) is 4.54. The van der Waals surface area contributed by atoms with E-state index in [-0.39, 0.29) is 11.2 Å². The minimum absolute atomic E-state index is 0.248. The summed E-state index contributed by atoms with van der Waals surface area (Å²) in [7, 11) is 0. The van der Waals surface area contributed by atoms with Gasteiger partial charge in [-0.25, -0.2) is 4.79 Å². The highest BCUT2D eigenvalue weighted by atomic mass is 16.4. The summed E-state index contributed by atoms with van der Waals surface area (Å²) in [4.78, 5) is 29.1. The molecule has 2 aliphatic heterocycles. The van der Waals surface area contributed by atoms with Gasteiger partial charge in [0.2, 0.25) is 5.91 Å². The van der Waals surface area contributed by atoms with Crippen LogP contribution in [0, 0.1) is 5.41 Å². The molecule has 1 atom stereocenters. The van der Waals surface area contributed by atoms with E-state index in [4.69, 9.17) is 4.42 Å². The number of oxazole rings is 1. The highest BCUT2D eigenvalue weighted by molar-refractivity contribution is 5.78. The number of hydrogen-bond donors (Lipinski definition) is 0. The first-order chi connectivity index (χ1) is 13.1. The van der Waals surface area contributed by atoms with Crippen molar-refractivity contribution in [3.63, 3.8) is 0 Å². The van der Waals surface area contributed by atoms with Gasteiger partial charge >= 0.3 is 5.76 Å². The smallest absolute Gasteiger partial charge is 0.408 e. The second-order valence-electron chi connectivity index (χ2n) is 8.62. The van der Waals surface area contributed by atoms with Gasteiger partial charge in [-0.3, -0.25) is 9.36 Å². The molecule has 0 radical (unpaired) electrons. The summed E-state index contributed by atoms with van der Waals surface area (Å²) in [6.07, 6.45) is 6.47. The molecular weight excluding hydrogens is 342 g/mol. The third-order valence-electron chi connectivity index (χ3n) is 6.64. The number of aromatic nitrogens is 1. The lowest BCUT2D eigenvalue weighted by Crippen LogP contribution is -2.54. The van der Waals surface area contributed by atoms with Crippen molar-refractivity contribution in [3.05, 3.63) is 34.8 Å². The van der Waals surface area contributed by atoms with Gasteiger partial charge in [-0.2, -0.15) is 0 Å². The number of likely N-dealkylation sites (tertiary alicyclic amines) is 2. The molecule has 2 saturated heterocycles. The molecule has 1 aliphatic carbocycles. The van der Waals surface area contributed by atoms with Crippen LogP contribution >= 0.6 is 0 Å². The third kappa shape index (κ3) is 3.20. The lowest BCUT2D eigenvalue weighted by Gasteiger charge is -2.48. The van der Waals surface area contributed by atoms with Crippen molar-refractivity contribution >= 4 is 17.0 Å². The molecule has 6 nitrogen and oxygen atoms in total. The van der Waals surface area contributed by atoms with Gasteiger partial charge in [-0.15, -0.1) is 0 Å². The zero-order chi connectivity index (χ0) is 18.4. The number of hydrogen-bond acceptors (Lipinski definition) is 4. The highest BCUT2D eigenvalue weighted by Crippen LogP contribution is 2.42. The first-order valence-corrected chi connectivity index (χ1v) is 10.2. The molecule has 1 saturated carbocycles. The van der Waals surface area contributed by atoms with E-state index >= 15 is 0 Å². The molecule has 5 rings (SSSR count). The predicted molar refractivity (Wildman–Crippen MR) is 103 cm³/mol. The summed E-state index contributed by atoms with van der Waals surface area (Å²) < 4.78 is 7.10. The Bertz CT molecular complexity index is 913. The maximum atomic E-state index is 12.3. The number of rotatable bonds is 4. The molecule has 1 spiro atoms. The Balaban J connectivity index is 1.28. The number of carbonyl (C=O) groups is 1. The topological polar surface area (TPSA) is 58.7 Å². The fourth-order valence-electron chi connectivity index (χ4n) is 5.06. The van der Waals surface area contributed by atoms with Crippen LogP contribution in [0.4, 0.5) is 0 Å². The largest absolute Gasteiger partial charge is 0.419 e. The summed E-state index contributed by atoms with van der Waals surface area (Å²) in [5.74, 6) is 0.0859. The van der Waals surface area contributed by atoms with Gasteiger partial charge in [-0.1, -0.05) is 12.1 Å². The Morgan fingerprint density at radius 2 is 1.93 bits per heavy atom. The Kier molecular flexibility index (Phi) is 4.11. The molecule has 144 valence electrons. The minimum Gasteiger partial charge on any atom is -0.408 e. The van der Waals surface area contributed by atoms with Crippen molar-refractivity contribution in [3.8, 4) is 0 Å². The maximum Gasteiger partial charge on any atom is 0.419 e. The summed E-state index contributed by atoms with van der Waals surface area (Å²) in [5, 5.41) is 0. The number of benzene rings is 1. The highest BCUT2D eigenvalue weighted by Gasteiger charge is 2.45. The molecule has 27 heavy (non-hydrogen) atoms. The molecule has 2 aromatic rings. The molecule has 3 aliphatic rings. The van der Waals surface area contributed by atoms with Crippen LogP contribution in [0.2, 0.25) is 0 Å². The second kappa shape index (κ2) is 6.51. The summed E-state index contributed by atoms with van der Waals surface area (Å²) >= 11 is 0. The zero-order valence-corrected chi connectivity index (χ0v) is 15.7. The second-order valence-corrected chi connectivity index (χ2v) is 8.62. The van der Waals surface area contributed by atoms with Crippen molar-refractivity contribution in [1.29, 1.82) is 0 Å². The summed E-state index contributed by atoms with van der Waals surface area (Å²) in [5.41, 5.74) is 1.78. The van der Waals surface area contributed by atoms with E-state index in [1.165, 1.54) is 25.7 Å². The van der Waals surface area contributed by atoms with Crippen LogP contribution in [0.15, 0.2) is 33.5 Å². The quantitative estimate of drug-likeness (QED) is 0.831. The lowest BCUT2D eigenvalue weighted by atomic mass is 9.73. The van der Waals surface area contributed by atoms with Crippen molar-refractivity contribution in [2.45, 2.75) is 51.1 Å². The fraction of sp³-hybridized carbons (Fsp3) is 0.619. The Hall–Kier alpha value is -2.08. The normalized spacial score (nSPS) is 27.0. The SMILES string of the molecule is O=C1CC[C@]2(CCCN(CCn3c(=O)oc4ccccc43)C2)CN1C1CC1. The molecule has 6 heteroatoms. The number of piperidine rings is 2. The lowest BCUT2D eigenvalue weighted by molar-refractivity contribution is -0.140. The van der Waals surface area contributed by atoms with Gasteiger partial charge < -0.3 is 14.2 Å². The number of carbonyl (C=O) groups excluding carboxylic acids is 1. The van der Waals surface area contributed by atoms with Crippen LogP contribution in [0.1, 0.15) is 38.5 Å². The molecule has 1 amide bonds. The zero-order valence-electron chi connectivity index (χ0n) is 15.7. The molecule has 0 N–H and O–H groups in total. The van der Waals surface area contributed by atoms with Gasteiger partial charge in [0.15, 0.2) is 5.58 Å². The maximum absolute atomic E-state index is 12.3. The van der Waals surface area contributed by atoms with Crippen molar-refractivity contribution < 1.29 is 9.21 Å². The van der Waals surface area contributed by atoms with Gasteiger partial charge in [0, 0.05) is 44.1 Å². The average molecular weight is 369 g/mol. The van der Waals surface area contributed by atoms with Crippen LogP contribution in [0.25, 0.3) is 11.1 Å². The number of fused-ring (bicyclic) bond motifs is 1. The van der Waals surface area contributed by atoms with E-state index < -0.39 is 0 Å². The molecule has 1 aromatic heterocycles. The minimum atomic E-state index is -0.272. The molecule has 3 heterocycles. The van der Waals surface area contributed by atoms with Crippen LogP contribution in [-0.4, -0.2) is 52.5 Å². The number of para-hydroxylation sites is 2. The first kappa shape index (κ1) is 17.0. The van der Waals surface area contributed by atoms with Crippen LogP contribution in [0.3, 0.4) is 0 Å². The van der Waals surface area contributed by atoms with Crippen molar-refractivity contribution in [2.75, 3.05) is 26.2 Å². The van der Waals surface area contributed by atoms with Crippen LogP contribution in [0.5, 0.6) is 0 Å². The molecule has 0 bridgehead atoms. The fourth-order valence-corrected chi connectivity index (χ4v) is 5.06. The monoisotopic (exact) mass is 369 g/mol. The molecule has 1 aromatic carbocycles. The Morgan fingerprint density at radius 1 is 1.07 bits per heavy atom. The third-order valence-corrected chi connectivity index (χ3v) is 6.64. The summed E-state index contributed by atoms with van der Waals surface area (Å²) in [6, 6.07) is 8.13. The number of nitrogens with zero attached hydrogens (tertiary/aromatic N) is 3. The Labute approximate surface area is 158 Å². The van der Waals surface area contributed by atoms with E-state index in [0.717, 1.165) is 38.1 Å². The predicted octanol–water partition coefficient (Wildman–Crippen LogP) is 2.46. The molecule has 0 unspecified atom stereocenters. The average Bonchev–Trinajstić information content (AvgIpc) is 3.46. The van der Waals surface area contributed by atoms with Gasteiger partial charge in [-0.05, 0) is 50.8 Å². The number of amides is 1. The van der Waals surface area contributed by atoms with E-state index in [1.54, 1.807) is 4.57 Å². The van der Waals surface area contributed by atoms with Crippen LogP contribution < -0.4 is 5.76 Å². The van der Waals surface area contributed by atoms with Crippen LogP contribution in [-0.2, 0) is 11.3 Å². The molecular formula is C21H27N3O3. The first-order valence-electron chi connectivity index (χ1n) is 10.2.